The minimum absolute atomic E-state index is 0.676. The maximum atomic E-state index is 4.33. The standard InChI is InChI=1S/C13H23N5/c1-12(2)15-5-7-16(8-6-15)17-9-10-18-13(11-17)3-4-14-18/h3-4,12H,5-11H2,1-2H3. The molecule has 5 heteroatoms. The Morgan fingerprint density at radius 3 is 2.44 bits per heavy atom. The van der Waals surface area contributed by atoms with Crippen LogP contribution >= 0.6 is 0 Å². The molecular formula is C13H23N5. The number of rotatable bonds is 2. The number of nitrogens with zero attached hydrogens (tertiary/aromatic N) is 5. The molecule has 1 aromatic heterocycles. The summed E-state index contributed by atoms with van der Waals surface area (Å²) in [6, 6.07) is 2.81. The van der Waals surface area contributed by atoms with Crippen molar-refractivity contribution in [1.29, 1.82) is 0 Å². The predicted octanol–water partition coefficient (Wildman–Crippen LogP) is 0.640. The maximum absolute atomic E-state index is 4.33. The Labute approximate surface area is 109 Å². The van der Waals surface area contributed by atoms with Crippen molar-refractivity contribution >= 4 is 0 Å². The Hall–Kier alpha value is -0.910. The Bertz CT molecular complexity index is 392. The van der Waals surface area contributed by atoms with Crippen LogP contribution in [-0.2, 0) is 13.1 Å². The molecule has 0 radical (unpaired) electrons. The van der Waals surface area contributed by atoms with Gasteiger partial charge in [-0.2, -0.15) is 5.10 Å². The van der Waals surface area contributed by atoms with Gasteiger partial charge in [0.05, 0.1) is 18.8 Å². The van der Waals surface area contributed by atoms with E-state index < -0.39 is 0 Å². The third-order valence-electron chi connectivity index (χ3n) is 4.14. The van der Waals surface area contributed by atoms with Crippen LogP contribution in [0.4, 0.5) is 0 Å². The molecule has 18 heavy (non-hydrogen) atoms. The highest BCUT2D eigenvalue weighted by Crippen LogP contribution is 2.15. The molecule has 2 aliphatic heterocycles. The van der Waals surface area contributed by atoms with Crippen molar-refractivity contribution in [1.82, 2.24) is 24.7 Å². The first-order valence-electron chi connectivity index (χ1n) is 6.98. The van der Waals surface area contributed by atoms with Gasteiger partial charge in [0.25, 0.3) is 0 Å². The van der Waals surface area contributed by atoms with Crippen LogP contribution < -0.4 is 0 Å². The fraction of sp³-hybridized carbons (Fsp3) is 0.769. The van der Waals surface area contributed by atoms with Gasteiger partial charge in [0.1, 0.15) is 0 Å². The molecule has 1 aromatic rings. The van der Waals surface area contributed by atoms with Crippen LogP contribution in [-0.4, -0.2) is 63.5 Å². The number of hydrazine groups is 1. The third-order valence-corrected chi connectivity index (χ3v) is 4.14. The molecule has 1 fully saturated rings. The van der Waals surface area contributed by atoms with E-state index in [2.05, 4.69) is 44.6 Å². The largest absolute Gasteiger partial charge is 0.298 e. The van der Waals surface area contributed by atoms with E-state index in [4.69, 9.17) is 0 Å². The first-order chi connectivity index (χ1) is 8.74. The van der Waals surface area contributed by atoms with Crippen LogP contribution in [0.5, 0.6) is 0 Å². The van der Waals surface area contributed by atoms with E-state index in [0.29, 0.717) is 6.04 Å². The van der Waals surface area contributed by atoms with Gasteiger partial charge in [-0.05, 0) is 19.9 Å². The van der Waals surface area contributed by atoms with Gasteiger partial charge in [-0.25, -0.2) is 10.0 Å². The minimum atomic E-state index is 0.676. The fourth-order valence-electron chi connectivity index (χ4n) is 2.92. The monoisotopic (exact) mass is 249 g/mol. The van der Waals surface area contributed by atoms with Gasteiger partial charge in [0, 0.05) is 45.0 Å². The lowest BCUT2D eigenvalue weighted by atomic mass is 10.2. The smallest absolute Gasteiger partial charge is 0.0555 e. The van der Waals surface area contributed by atoms with Crippen LogP contribution in [0, 0.1) is 0 Å². The van der Waals surface area contributed by atoms with E-state index in [1.807, 2.05) is 6.20 Å². The van der Waals surface area contributed by atoms with E-state index in [1.54, 1.807) is 0 Å². The normalized spacial score (nSPS) is 23.5. The first kappa shape index (κ1) is 12.1. The van der Waals surface area contributed by atoms with Gasteiger partial charge in [-0.1, -0.05) is 0 Å². The molecule has 0 saturated carbocycles. The van der Waals surface area contributed by atoms with Crippen LogP contribution in [0.25, 0.3) is 0 Å². The zero-order valence-corrected chi connectivity index (χ0v) is 11.4. The molecule has 3 rings (SSSR count). The molecule has 3 heterocycles. The Kier molecular flexibility index (Phi) is 3.37. The van der Waals surface area contributed by atoms with Gasteiger partial charge >= 0.3 is 0 Å². The number of piperazine rings is 1. The van der Waals surface area contributed by atoms with Crippen LogP contribution in [0.3, 0.4) is 0 Å². The molecule has 0 aliphatic carbocycles. The second-order valence-corrected chi connectivity index (χ2v) is 5.52. The Morgan fingerprint density at radius 2 is 1.72 bits per heavy atom. The summed E-state index contributed by atoms with van der Waals surface area (Å²) in [5.41, 5.74) is 1.34. The molecule has 5 nitrogen and oxygen atoms in total. The molecule has 0 amide bonds. The third kappa shape index (κ3) is 2.30. The molecule has 0 spiro atoms. The highest BCUT2D eigenvalue weighted by atomic mass is 15.6. The number of fused-ring (bicyclic) bond motifs is 1. The first-order valence-corrected chi connectivity index (χ1v) is 6.98. The van der Waals surface area contributed by atoms with Crippen molar-refractivity contribution in [3.63, 3.8) is 0 Å². The zero-order valence-electron chi connectivity index (χ0n) is 11.4. The summed E-state index contributed by atoms with van der Waals surface area (Å²) in [4.78, 5) is 2.56. The number of hydrogen-bond donors (Lipinski definition) is 0. The molecule has 100 valence electrons. The van der Waals surface area contributed by atoms with E-state index in [0.717, 1.165) is 32.7 Å². The zero-order chi connectivity index (χ0) is 12.5. The summed E-state index contributed by atoms with van der Waals surface area (Å²) in [5, 5.41) is 9.35. The van der Waals surface area contributed by atoms with Crippen molar-refractivity contribution in [3.8, 4) is 0 Å². The Morgan fingerprint density at radius 1 is 1.00 bits per heavy atom. The predicted molar refractivity (Wildman–Crippen MR) is 70.9 cm³/mol. The van der Waals surface area contributed by atoms with E-state index >= 15 is 0 Å². The Balaban J connectivity index is 1.58. The van der Waals surface area contributed by atoms with E-state index in [-0.39, 0.29) is 0 Å². The summed E-state index contributed by atoms with van der Waals surface area (Å²) >= 11 is 0. The molecular weight excluding hydrogens is 226 g/mol. The lowest BCUT2D eigenvalue weighted by Gasteiger charge is -2.43. The summed E-state index contributed by atoms with van der Waals surface area (Å²) in [6.07, 6.45) is 1.91. The molecule has 0 unspecified atom stereocenters. The van der Waals surface area contributed by atoms with Crippen molar-refractivity contribution in [3.05, 3.63) is 18.0 Å². The quantitative estimate of drug-likeness (QED) is 0.769. The highest BCUT2D eigenvalue weighted by Gasteiger charge is 2.26. The average Bonchev–Trinajstić information content (AvgIpc) is 2.86. The molecule has 0 atom stereocenters. The van der Waals surface area contributed by atoms with E-state index in [1.165, 1.54) is 18.8 Å². The second kappa shape index (κ2) is 4.99. The molecule has 2 aliphatic rings. The summed E-state index contributed by atoms with van der Waals surface area (Å²) in [7, 11) is 0. The van der Waals surface area contributed by atoms with Gasteiger partial charge in [0.15, 0.2) is 0 Å². The van der Waals surface area contributed by atoms with Crippen LogP contribution in [0.1, 0.15) is 19.5 Å². The molecule has 1 saturated heterocycles. The fourth-order valence-corrected chi connectivity index (χ4v) is 2.92. The number of hydrogen-bond acceptors (Lipinski definition) is 4. The topological polar surface area (TPSA) is 27.5 Å². The van der Waals surface area contributed by atoms with Crippen molar-refractivity contribution in [2.45, 2.75) is 33.0 Å². The number of aromatic nitrogens is 2. The molecule has 0 N–H and O–H groups in total. The van der Waals surface area contributed by atoms with Crippen molar-refractivity contribution in [2.75, 3.05) is 32.7 Å². The molecule has 0 bridgehead atoms. The lowest BCUT2D eigenvalue weighted by molar-refractivity contribution is -0.0793. The molecule has 0 aromatic carbocycles. The highest BCUT2D eigenvalue weighted by molar-refractivity contribution is 5.02. The van der Waals surface area contributed by atoms with E-state index in [9.17, 15) is 0 Å². The average molecular weight is 249 g/mol. The van der Waals surface area contributed by atoms with Crippen LogP contribution in [0.2, 0.25) is 0 Å². The lowest BCUT2D eigenvalue weighted by Crippen LogP contribution is -2.56. The van der Waals surface area contributed by atoms with Crippen LogP contribution in [0.15, 0.2) is 12.3 Å². The van der Waals surface area contributed by atoms with Gasteiger partial charge in [-0.3, -0.25) is 9.58 Å². The second-order valence-electron chi connectivity index (χ2n) is 5.52. The van der Waals surface area contributed by atoms with Crippen molar-refractivity contribution < 1.29 is 0 Å². The summed E-state index contributed by atoms with van der Waals surface area (Å²) < 4.78 is 2.13. The van der Waals surface area contributed by atoms with Gasteiger partial charge in [-0.15, -0.1) is 0 Å². The SMILES string of the molecule is CC(C)N1CCN(N2CCn3nccc3C2)CC1. The summed E-state index contributed by atoms with van der Waals surface area (Å²) in [5.74, 6) is 0. The minimum Gasteiger partial charge on any atom is -0.298 e. The maximum Gasteiger partial charge on any atom is 0.0555 e. The van der Waals surface area contributed by atoms with Gasteiger partial charge < -0.3 is 0 Å². The van der Waals surface area contributed by atoms with Gasteiger partial charge in [0.2, 0.25) is 0 Å². The van der Waals surface area contributed by atoms with Crippen molar-refractivity contribution in [2.24, 2.45) is 0 Å². The summed E-state index contributed by atoms with van der Waals surface area (Å²) in [6.45, 7) is 12.4.